The van der Waals surface area contributed by atoms with Crippen LogP contribution in [0.25, 0.3) is 0 Å². The molecule has 1 N–H and O–H groups in total. The van der Waals surface area contributed by atoms with E-state index >= 15 is 0 Å². The van der Waals surface area contributed by atoms with E-state index in [-0.39, 0.29) is 6.04 Å². The quantitative estimate of drug-likeness (QED) is 0.838. The van der Waals surface area contributed by atoms with Crippen molar-refractivity contribution in [3.8, 4) is 11.5 Å². The molecule has 0 bridgehead atoms. The number of rotatable bonds is 7. The molecule has 4 nitrogen and oxygen atoms in total. The summed E-state index contributed by atoms with van der Waals surface area (Å²) in [4.78, 5) is 2.55. The van der Waals surface area contributed by atoms with E-state index in [1.165, 1.54) is 31.5 Å². The summed E-state index contributed by atoms with van der Waals surface area (Å²) in [6.45, 7) is 5.70. The molecule has 2 rings (SSSR count). The molecule has 1 aromatic carbocycles. The van der Waals surface area contributed by atoms with E-state index in [9.17, 15) is 0 Å². The summed E-state index contributed by atoms with van der Waals surface area (Å²) in [6, 6.07) is 6.26. The monoisotopic (exact) mass is 292 g/mol. The third kappa shape index (κ3) is 3.89. The van der Waals surface area contributed by atoms with Crippen molar-refractivity contribution < 1.29 is 9.47 Å². The molecule has 1 heterocycles. The molecule has 4 heteroatoms. The van der Waals surface area contributed by atoms with Gasteiger partial charge < -0.3 is 19.7 Å². The zero-order valence-electron chi connectivity index (χ0n) is 13.7. The van der Waals surface area contributed by atoms with E-state index in [1.54, 1.807) is 14.2 Å². The van der Waals surface area contributed by atoms with Gasteiger partial charge in [-0.1, -0.05) is 13.3 Å². The largest absolute Gasteiger partial charge is 0.497 e. The van der Waals surface area contributed by atoms with Crippen molar-refractivity contribution in [2.75, 3.05) is 40.9 Å². The van der Waals surface area contributed by atoms with Crippen LogP contribution in [0.15, 0.2) is 18.2 Å². The summed E-state index contributed by atoms with van der Waals surface area (Å²) in [6.07, 6.45) is 2.60. The molecule has 2 atom stereocenters. The van der Waals surface area contributed by atoms with Crippen LogP contribution in [0.4, 0.5) is 0 Å². The second kappa shape index (κ2) is 7.66. The van der Waals surface area contributed by atoms with Crippen LogP contribution in [0.1, 0.15) is 31.4 Å². The van der Waals surface area contributed by atoms with Crippen molar-refractivity contribution in [1.29, 1.82) is 0 Å². The molecule has 0 aliphatic carbocycles. The molecule has 1 aliphatic rings. The maximum atomic E-state index is 5.52. The van der Waals surface area contributed by atoms with Gasteiger partial charge >= 0.3 is 0 Å². The summed E-state index contributed by atoms with van der Waals surface area (Å²) >= 11 is 0. The van der Waals surface area contributed by atoms with Gasteiger partial charge in [0.05, 0.1) is 14.2 Å². The van der Waals surface area contributed by atoms with Gasteiger partial charge in [-0.3, -0.25) is 0 Å². The van der Waals surface area contributed by atoms with Crippen LogP contribution in [0.5, 0.6) is 11.5 Å². The van der Waals surface area contributed by atoms with Crippen LogP contribution >= 0.6 is 0 Å². The molecule has 0 radical (unpaired) electrons. The lowest BCUT2D eigenvalue weighted by Gasteiger charge is -2.25. The molecular weight excluding hydrogens is 264 g/mol. The van der Waals surface area contributed by atoms with Gasteiger partial charge in [0, 0.05) is 24.7 Å². The zero-order valence-corrected chi connectivity index (χ0v) is 13.7. The first kappa shape index (κ1) is 16.1. The zero-order chi connectivity index (χ0) is 15.2. The second-order valence-corrected chi connectivity index (χ2v) is 5.77. The third-order valence-electron chi connectivity index (χ3n) is 4.55. The summed E-state index contributed by atoms with van der Waals surface area (Å²) in [5.41, 5.74) is 1.17. The molecule has 0 spiro atoms. The first-order valence-corrected chi connectivity index (χ1v) is 7.83. The molecular formula is C17H28N2O2. The minimum absolute atomic E-state index is 0.255. The maximum Gasteiger partial charge on any atom is 0.123 e. The Bertz CT molecular complexity index is 450. The Morgan fingerprint density at radius 3 is 2.71 bits per heavy atom. The minimum Gasteiger partial charge on any atom is -0.497 e. The van der Waals surface area contributed by atoms with Crippen molar-refractivity contribution >= 4 is 0 Å². The first-order chi connectivity index (χ1) is 10.2. The third-order valence-corrected chi connectivity index (χ3v) is 4.55. The normalized spacial score (nSPS) is 20.5. The lowest BCUT2D eigenvalue weighted by molar-refractivity contribution is 0.283. The van der Waals surface area contributed by atoms with Gasteiger partial charge in [-0.15, -0.1) is 0 Å². The van der Waals surface area contributed by atoms with Crippen LogP contribution in [0.2, 0.25) is 0 Å². The average Bonchev–Trinajstić information content (AvgIpc) is 2.99. The molecule has 0 aromatic heterocycles. The van der Waals surface area contributed by atoms with Gasteiger partial charge in [0.2, 0.25) is 0 Å². The smallest absolute Gasteiger partial charge is 0.123 e. The van der Waals surface area contributed by atoms with Crippen molar-refractivity contribution in [3.05, 3.63) is 23.8 Å². The van der Waals surface area contributed by atoms with E-state index in [4.69, 9.17) is 9.47 Å². The van der Waals surface area contributed by atoms with Gasteiger partial charge in [-0.25, -0.2) is 0 Å². The van der Waals surface area contributed by atoms with Crippen molar-refractivity contribution in [3.63, 3.8) is 0 Å². The number of likely N-dealkylation sites (tertiary alicyclic amines) is 1. The van der Waals surface area contributed by atoms with Gasteiger partial charge in [-0.05, 0) is 44.1 Å². The number of benzene rings is 1. The van der Waals surface area contributed by atoms with Crippen molar-refractivity contribution in [2.45, 2.75) is 25.8 Å². The molecule has 1 saturated heterocycles. The van der Waals surface area contributed by atoms with Crippen molar-refractivity contribution in [2.24, 2.45) is 5.92 Å². The number of ether oxygens (including phenoxy) is 2. The Morgan fingerprint density at radius 2 is 2.14 bits per heavy atom. The van der Waals surface area contributed by atoms with Crippen LogP contribution in [0, 0.1) is 5.92 Å². The molecule has 0 saturated carbocycles. The van der Waals surface area contributed by atoms with Crippen LogP contribution < -0.4 is 14.8 Å². The second-order valence-electron chi connectivity index (χ2n) is 5.77. The molecule has 1 fully saturated rings. The van der Waals surface area contributed by atoms with E-state index in [1.807, 2.05) is 19.2 Å². The predicted molar refractivity (Wildman–Crippen MR) is 86.2 cm³/mol. The van der Waals surface area contributed by atoms with Gasteiger partial charge in [0.1, 0.15) is 11.5 Å². The molecule has 1 aromatic rings. The van der Waals surface area contributed by atoms with E-state index in [2.05, 4.69) is 23.2 Å². The fraction of sp³-hybridized carbons (Fsp3) is 0.647. The average molecular weight is 292 g/mol. The minimum atomic E-state index is 0.255. The lowest BCUT2D eigenvalue weighted by Crippen LogP contribution is -2.32. The topological polar surface area (TPSA) is 33.7 Å². The predicted octanol–water partition coefficient (Wildman–Crippen LogP) is 2.70. The highest BCUT2D eigenvalue weighted by Crippen LogP contribution is 2.31. The summed E-state index contributed by atoms with van der Waals surface area (Å²) in [5.74, 6) is 2.65. The Balaban J connectivity index is 2.13. The Morgan fingerprint density at radius 1 is 1.33 bits per heavy atom. The fourth-order valence-corrected chi connectivity index (χ4v) is 3.13. The number of likely N-dealkylation sites (N-methyl/N-ethyl adjacent to an activating group) is 1. The molecule has 0 amide bonds. The molecule has 1 aliphatic heterocycles. The van der Waals surface area contributed by atoms with Gasteiger partial charge in [0.25, 0.3) is 0 Å². The van der Waals surface area contributed by atoms with Crippen molar-refractivity contribution in [1.82, 2.24) is 10.2 Å². The summed E-state index contributed by atoms with van der Waals surface area (Å²) < 4.78 is 10.9. The lowest BCUT2D eigenvalue weighted by atomic mass is 10.0. The van der Waals surface area contributed by atoms with E-state index in [0.717, 1.165) is 24.0 Å². The van der Waals surface area contributed by atoms with Gasteiger partial charge in [-0.2, -0.15) is 0 Å². The van der Waals surface area contributed by atoms with Gasteiger partial charge in [0.15, 0.2) is 0 Å². The number of nitrogens with one attached hydrogen (secondary N) is 1. The number of hydrogen-bond acceptors (Lipinski definition) is 4. The van der Waals surface area contributed by atoms with E-state index < -0.39 is 0 Å². The maximum absolute atomic E-state index is 5.52. The highest BCUT2D eigenvalue weighted by atomic mass is 16.5. The number of methoxy groups -OCH3 is 2. The highest BCUT2D eigenvalue weighted by Gasteiger charge is 2.25. The molecule has 118 valence electrons. The number of hydrogen-bond donors (Lipinski definition) is 1. The highest BCUT2D eigenvalue weighted by molar-refractivity contribution is 5.42. The molecule has 2 unspecified atom stereocenters. The summed E-state index contributed by atoms with van der Waals surface area (Å²) in [7, 11) is 5.43. The Labute approximate surface area is 128 Å². The standard InChI is InChI=1S/C17H28N2O2/c1-5-13-8-9-19(11-13)12-16(18-2)15-10-14(20-3)6-7-17(15)21-4/h6-7,10,13,16,18H,5,8-9,11-12H2,1-4H3. The fourth-order valence-electron chi connectivity index (χ4n) is 3.13. The SMILES string of the molecule is CCC1CCN(CC(NC)c2cc(OC)ccc2OC)C1. The Kier molecular flexibility index (Phi) is 5.88. The first-order valence-electron chi connectivity index (χ1n) is 7.83. The summed E-state index contributed by atoms with van der Waals surface area (Å²) in [5, 5.41) is 3.43. The molecule has 21 heavy (non-hydrogen) atoms. The van der Waals surface area contributed by atoms with Crippen LogP contribution in [-0.4, -0.2) is 45.8 Å². The number of nitrogens with zero attached hydrogens (tertiary/aromatic N) is 1. The van der Waals surface area contributed by atoms with Crippen LogP contribution in [0.3, 0.4) is 0 Å². The van der Waals surface area contributed by atoms with Crippen LogP contribution in [-0.2, 0) is 0 Å². The Hall–Kier alpha value is -1.26. The van der Waals surface area contributed by atoms with E-state index in [0.29, 0.717) is 0 Å².